The van der Waals surface area contributed by atoms with Gasteiger partial charge in [0.2, 0.25) is 0 Å². The van der Waals surface area contributed by atoms with E-state index in [2.05, 4.69) is 63.3 Å². The van der Waals surface area contributed by atoms with Gasteiger partial charge in [-0.15, -0.1) is 0 Å². The van der Waals surface area contributed by atoms with Crippen molar-refractivity contribution in [3.8, 4) is 0 Å². The van der Waals surface area contributed by atoms with Crippen molar-refractivity contribution in [3.63, 3.8) is 0 Å². The van der Waals surface area contributed by atoms with E-state index in [1.807, 2.05) is 0 Å². The van der Waals surface area contributed by atoms with Gasteiger partial charge in [0.05, 0.1) is 0 Å². The van der Waals surface area contributed by atoms with Gasteiger partial charge in [-0.2, -0.15) is 0 Å². The summed E-state index contributed by atoms with van der Waals surface area (Å²) in [5.74, 6) is 2.80. The maximum atomic E-state index is 2.44. The van der Waals surface area contributed by atoms with Crippen LogP contribution in [0.2, 0.25) is 10.1 Å². The molecular weight excluding hydrogens is 307 g/mol. The topological polar surface area (TPSA) is 0 Å². The summed E-state index contributed by atoms with van der Waals surface area (Å²) < 4.78 is 0. The fourth-order valence-corrected chi connectivity index (χ4v) is 6.63. The Labute approximate surface area is 131 Å². The van der Waals surface area contributed by atoms with E-state index in [4.69, 9.17) is 0 Å². The van der Waals surface area contributed by atoms with Crippen LogP contribution in [0.15, 0.2) is 36.4 Å². The number of rotatable bonds is 5. The van der Waals surface area contributed by atoms with Crippen LogP contribution in [0.25, 0.3) is 6.08 Å². The van der Waals surface area contributed by atoms with E-state index in [1.165, 1.54) is 30.1 Å². The molecule has 1 saturated carbocycles. The number of allylic oxidation sites excluding steroid dienone is 1. The first-order valence-electron chi connectivity index (χ1n) is 8.00. The van der Waals surface area contributed by atoms with Gasteiger partial charge in [-0.3, -0.25) is 0 Å². The van der Waals surface area contributed by atoms with Gasteiger partial charge in [0.25, 0.3) is 0 Å². The van der Waals surface area contributed by atoms with E-state index in [0.717, 1.165) is 37.5 Å². The van der Waals surface area contributed by atoms with Crippen molar-refractivity contribution in [2.24, 2.45) is 17.8 Å². The molecule has 0 nitrogen and oxygen atoms in total. The van der Waals surface area contributed by atoms with Crippen molar-refractivity contribution in [2.45, 2.75) is 50.2 Å². The minimum atomic E-state index is 0.773. The number of hydrogen-bond acceptors (Lipinski definition) is 0. The summed E-state index contributed by atoms with van der Waals surface area (Å²) in [6.07, 6.45) is 9.08. The molecule has 0 spiro atoms. The van der Waals surface area contributed by atoms with Crippen molar-refractivity contribution in [2.75, 3.05) is 0 Å². The van der Waals surface area contributed by atoms with Crippen LogP contribution < -0.4 is 0 Å². The van der Waals surface area contributed by atoms with Gasteiger partial charge in [0.1, 0.15) is 0 Å². The molecule has 2 rings (SSSR count). The van der Waals surface area contributed by atoms with Crippen LogP contribution in [0.3, 0.4) is 0 Å². The second-order valence-corrected chi connectivity index (χ2v) is 9.18. The fourth-order valence-electron chi connectivity index (χ4n) is 3.23. The van der Waals surface area contributed by atoms with Gasteiger partial charge in [-0.1, -0.05) is 0 Å². The van der Waals surface area contributed by atoms with Crippen LogP contribution >= 0.6 is 0 Å². The quantitative estimate of drug-likeness (QED) is 0.605. The molecule has 0 N–H and O–H groups in total. The molecule has 0 radical (unpaired) electrons. The third-order valence-electron chi connectivity index (χ3n) is 4.48. The summed E-state index contributed by atoms with van der Waals surface area (Å²) in [7, 11) is 0. The molecule has 1 aromatic rings. The van der Waals surface area contributed by atoms with Crippen LogP contribution in [0.1, 0.15) is 45.6 Å². The molecular formula is C19H28Se. The minimum absolute atomic E-state index is 0.773. The van der Waals surface area contributed by atoms with E-state index < -0.39 is 0 Å². The average molecular weight is 335 g/mol. The third kappa shape index (κ3) is 4.79. The van der Waals surface area contributed by atoms with Crippen LogP contribution in [-0.4, -0.2) is 15.0 Å². The summed E-state index contributed by atoms with van der Waals surface area (Å²) >= 11 is 0.773. The molecule has 0 amide bonds. The zero-order valence-corrected chi connectivity index (χ0v) is 14.8. The van der Waals surface area contributed by atoms with Gasteiger partial charge >= 0.3 is 131 Å². The Morgan fingerprint density at radius 1 is 1.20 bits per heavy atom. The zero-order chi connectivity index (χ0) is 14.4. The van der Waals surface area contributed by atoms with Gasteiger partial charge in [-0.05, 0) is 0 Å². The van der Waals surface area contributed by atoms with Crippen molar-refractivity contribution < 1.29 is 0 Å². The Morgan fingerprint density at radius 2 is 1.95 bits per heavy atom. The monoisotopic (exact) mass is 336 g/mol. The summed E-state index contributed by atoms with van der Waals surface area (Å²) in [6, 6.07) is 10.7. The molecule has 1 aliphatic carbocycles. The second-order valence-electron chi connectivity index (χ2n) is 6.51. The number of benzene rings is 1. The molecule has 1 fully saturated rings. The first-order valence-corrected chi connectivity index (χ1v) is 10.2. The SMILES string of the molecule is CC(C)[C@@H]1CC[C@@H](C)C[C@@H]1[Se]C/C=C/c1ccccc1. The zero-order valence-electron chi connectivity index (χ0n) is 13.1. The molecule has 1 aromatic carbocycles. The molecule has 3 atom stereocenters. The predicted molar refractivity (Wildman–Crippen MR) is 91.1 cm³/mol. The molecule has 0 aromatic heterocycles. The molecule has 1 aliphatic rings. The molecule has 110 valence electrons. The Balaban J connectivity index is 1.83. The summed E-state index contributed by atoms with van der Waals surface area (Å²) in [6.45, 7) is 7.28. The van der Waals surface area contributed by atoms with Crippen molar-refractivity contribution in [3.05, 3.63) is 42.0 Å². The van der Waals surface area contributed by atoms with E-state index >= 15 is 0 Å². The van der Waals surface area contributed by atoms with Gasteiger partial charge in [0.15, 0.2) is 0 Å². The Kier molecular flexibility index (Phi) is 6.39. The van der Waals surface area contributed by atoms with Crippen LogP contribution in [-0.2, 0) is 0 Å². The average Bonchev–Trinajstić information content (AvgIpc) is 2.44. The summed E-state index contributed by atoms with van der Waals surface area (Å²) in [5.41, 5.74) is 1.33. The Bertz CT molecular complexity index is 407. The van der Waals surface area contributed by atoms with Gasteiger partial charge < -0.3 is 0 Å². The predicted octanol–water partition coefficient (Wildman–Crippen LogP) is 5.70. The van der Waals surface area contributed by atoms with Gasteiger partial charge in [0, 0.05) is 0 Å². The number of hydrogen-bond donors (Lipinski definition) is 0. The summed E-state index contributed by atoms with van der Waals surface area (Å²) in [4.78, 5) is 1.01. The van der Waals surface area contributed by atoms with E-state index in [0.29, 0.717) is 0 Å². The maximum absolute atomic E-state index is 2.44. The van der Waals surface area contributed by atoms with E-state index in [1.54, 1.807) is 0 Å². The van der Waals surface area contributed by atoms with Crippen molar-refractivity contribution >= 4 is 21.0 Å². The Hall–Kier alpha value is -0.521. The van der Waals surface area contributed by atoms with Gasteiger partial charge in [-0.25, -0.2) is 0 Å². The van der Waals surface area contributed by atoms with E-state index in [-0.39, 0.29) is 0 Å². The third-order valence-corrected chi connectivity index (χ3v) is 7.32. The standard InChI is InChI=1S/C19H28Se/c1-15(2)18-12-11-16(3)14-19(18)20-13-7-10-17-8-5-4-6-9-17/h4-10,15-16,18-19H,11-14H2,1-3H3/b10-7+/t16-,18+,19+/m1/s1. The van der Waals surface area contributed by atoms with Crippen LogP contribution in [0, 0.1) is 17.8 Å². The van der Waals surface area contributed by atoms with Crippen molar-refractivity contribution in [1.82, 2.24) is 0 Å². The second kappa shape index (κ2) is 8.05. The van der Waals surface area contributed by atoms with Crippen LogP contribution in [0.4, 0.5) is 0 Å². The Morgan fingerprint density at radius 3 is 2.65 bits per heavy atom. The first-order chi connectivity index (χ1) is 9.66. The molecule has 0 aliphatic heterocycles. The first kappa shape index (κ1) is 15.9. The van der Waals surface area contributed by atoms with Crippen LogP contribution in [0.5, 0.6) is 0 Å². The molecule has 0 heterocycles. The van der Waals surface area contributed by atoms with Crippen molar-refractivity contribution in [1.29, 1.82) is 0 Å². The summed E-state index contributed by atoms with van der Waals surface area (Å²) in [5, 5.41) is 1.29. The molecule has 0 saturated heterocycles. The van der Waals surface area contributed by atoms with E-state index in [9.17, 15) is 0 Å². The fraction of sp³-hybridized carbons (Fsp3) is 0.579. The molecule has 0 unspecified atom stereocenters. The normalized spacial score (nSPS) is 27.3. The molecule has 0 bridgehead atoms. The molecule has 1 heteroatoms. The molecule has 20 heavy (non-hydrogen) atoms.